The maximum atomic E-state index is 12.5. The standard InChI is InChI=1S/C28H22BrN3O6S/c1-36-23-11-16(7-9-22(23)37-25(33)14-24-26(34)30-28(35)39-24)27-32-20(18-12-17(29)8-10-21(18)38-27)13-19(31-32)15-5-3-2-4-6-15/h2-12,20,24,27H,13-14H2,1H3,(H,30,34,35)/t20-,24-,27+/m0/s1. The molecule has 3 aliphatic rings. The van der Waals surface area contributed by atoms with Gasteiger partial charge in [-0.05, 0) is 42.0 Å². The Morgan fingerprint density at radius 2 is 1.95 bits per heavy atom. The molecule has 0 unspecified atom stereocenters. The van der Waals surface area contributed by atoms with Crippen LogP contribution in [0.4, 0.5) is 4.79 Å². The number of nitrogens with one attached hydrogen (secondary N) is 1. The molecule has 0 saturated carbocycles. The summed E-state index contributed by atoms with van der Waals surface area (Å²) >= 11 is 4.36. The first-order valence-corrected chi connectivity index (χ1v) is 13.8. The largest absolute Gasteiger partial charge is 0.493 e. The van der Waals surface area contributed by atoms with E-state index in [2.05, 4.69) is 27.3 Å². The second kappa shape index (κ2) is 10.4. The van der Waals surface area contributed by atoms with Gasteiger partial charge in [0.2, 0.25) is 12.1 Å². The molecule has 3 aromatic carbocycles. The van der Waals surface area contributed by atoms with Crippen molar-refractivity contribution in [2.45, 2.75) is 30.4 Å². The number of carbonyl (C=O) groups is 3. The van der Waals surface area contributed by atoms with Gasteiger partial charge in [-0.1, -0.05) is 58.0 Å². The number of carbonyl (C=O) groups excluding carboxylic acids is 3. The molecule has 11 heteroatoms. The maximum absolute atomic E-state index is 12.5. The smallest absolute Gasteiger partial charge is 0.312 e. The molecule has 1 saturated heterocycles. The molecule has 2 amide bonds. The molecule has 3 heterocycles. The molecule has 0 spiro atoms. The SMILES string of the molecule is COc1cc([C@H]2Oc3ccc(Br)cc3[C@@H]3CC(c4ccccc4)=NN23)ccc1OC(=O)C[C@@H]1SC(=O)NC1=O. The van der Waals surface area contributed by atoms with Gasteiger partial charge >= 0.3 is 5.97 Å². The number of thioether (sulfide) groups is 1. The monoisotopic (exact) mass is 607 g/mol. The highest BCUT2D eigenvalue weighted by Gasteiger charge is 2.41. The van der Waals surface area contributed by atoms with Gasteiger partial charge in [-0.25, -0.2) is 5.01 Å². The minimum absolute atomic E-state index is 0.0345. The molecule has 3 aromatic rings. The van der Waals surface area contributed by atoms with Gasteiger partial charge in [0.05, 0.1) is 25.3 Å². The number of fused-ring (bicyclic) bond motifs is 3. The molecule has 0 aromatic heterocycles. The first kappa shape index (κ1) is 25.4. The third-order valence-corrected chi connectivity index (χ3v) is 8.15. The summed E-state index contributed by atoms with van der Waals surface area (Å²) in [6.07, 6.45) is -0.0688. The van der Waals surface area contributed by atoms with Crippen LogP contribution in [0.15, 0.2) is 76.3 Å². The summed E-state index contributed by atoms with van der Waals surface area (Å²) in [5, 5.41) is 7.82. The third-order valence-electron chi connectivity index (χ3n) is 6.67. The lowest BCUT2D eigenvalue weighted by atomic mass is 9.96. The fourth-order valence-electron chi connectivity index (χ4n) is 4.85. The molecule has 6 rings (SSSR count). The first-order chi connectivity index (χ1) is 18.9. The zero-order valence-corrected chi connectivity index (χ0v) is 23.0. The summed E-state index contributed by atoms with van der Waals surface area (Å²) in [5.41, 5.74) is 3.82. The van der Waals surface area contributed by atoms with E-state index in [1.165, 1.54) is 7.11 Å². The molecular weight excluding hydrogens is 586 g/mol. The van der Waals surface area contributed by atoms with E-state index in [1.54, 1.807) is 18.2 Å². The van der Waals surface area contributed by atoms with Gasteiger partial charge in [0.25, 0.3) is 5.24 Å². The summed E-state index contributed by atoms with van der Waals surface area (Å²) in [5.74, 6) is 0.154. The highest BCUT2D eigenvalue weighted by Crippen LogP contribution is 2.49. The van der Waals surface area contributed by atoms with Crippen LogP contribution in [-0.4, -0.2) is 40.2 Å². The maximum Gasteiger partial charge on any atom is 0.312 e. The second-order valence-electron chi connectivity index (χ2n) is 9.14. The highest BCUT2D eigenvalue weighted by atomic mass is 79.9. The van der Waals surface area contributed by atoms with Crippen molar-refractivity contribution >= 4 is 50.5 Å². The zero-order chi connectivity index (χ0) is 27.1. The lowest BCUT2D eigenvalue weighted by Gasteiger charge is -2.38. The molecule has 3 atom stereocenters. The Kier molecular flexibility index (Phi) is 6.78. The second-order valence-corrected chi connectivity index (χ2v) is 11.2. The average molecular weight is 608 g/mol. The number of amides is 2. The predicted octanol–water partition coefficient (Wildman–Crippen LogP) is 5.35. The number of hydrogen-bond donors (Lipinski definition) is 1. The van der Waals surface area contributed by atoms with Crippen LogP contribution >= 0.6 is 27.7 Å². The number of imide groups is 1. The van der Waals surface area contributed by atoms with E-state index in [4.69, 9.17) is 19.3 Å². The van der Waals surface area contributed by atoms with Crippen LogP contribution in [0.25, 0.3) is 0 Å². The van der Waals surface area contributed by atoms with Crippen LogP contribution in [0, 0.1) is 0 Å². The van der Waals surface area contributed by atoms with Gasteiger partial charge in [-0.2, -0.15) is 5.10 Å². The lowest BCUT2D eigenvalue weighted by molar-refractivity contribution is -0.136. The van der Waals surface area contributed by atoms with Crippen molar-refractivity contribution in [2.75, 3.05) is 7.11 Å². The average Bonchev–Trinajstić information content (AvgIpc) is 3.52. The molecule has 3 aliphatic heterocycles. The van der Waals surface area contributed by atoms with Crippen molar-refractivity contribution in [3.05, 3.63) is 87.9 Å². The van der Waals surface area contributed by atoms with E-state index >= 15 is 0 Å². The summed E-state index contributed by atoms with van der Waals surface area (Å²) in [6, 6.07) is 21.2. The normalized spacial score (nSPS) is 21.4. The Bertz CT molecular complexity index is 1510. The van der Waals surface area contributed by atoms with Crippen molar-refractivity contribution in [2.24, 2.45) is 5.10 Å². The van der Waals surface area contributed by atoms with Gasteiger partial charge in [0.15, 0.2) is 11.5 Å². The Balaban J connectivity index is 1.29. The predicted molar refractivity (Wildman–Crippen MR) is 148 cm³/mol. The number of ether oxygens (including phenoxy) is 3. The number of nitrogens with zero attached hydrogens (tertiary/aromatic N) is 2. The number of benzene rings is 3. The zero-order valence-electron chi connectivity index (χ0n) is 20.6. The van der Waals surface area contributed by atoms with Gasteiger partial charge < -0.3 is 14.2 Å². The van der Waals surface area contributed by atoms with Gasteiger partial charge in [-0.15, -0.1) is 0 Å². The Hall–Kier alpha value is -3.83. The van der Waals surface area contributed by atoms with E-state index in [-0.39, 0.29) is 18.2 Å². The number of halogens is 1. The summed E-state index contributed by atoms with van der Waals surface area (Å²) in [6.45, 7) is 0. The molecule has 39 heavy (non-hydrogen) atoms. The van der Waals surface area contributed by atoms with Crippen molar-refractivity contribution in [1.29, 1.82) is 0 Å². The van der Waals surface area contributed by atoms with E-state index in [9.17, 15) is 14.4 Å². The number of esters is 1. The highest BCUT2D eigenvalue weighted by molar-refractivity contribution is 9.10. The Morgan fingerprint density at radius 1 is 1.13 bits per heavy atom. The van der Waals surface area contributed by atoms with Crippen molar-refractivity contribution < 1.29 is 28.6 Å². The van der Waals surface area contributed by atoms with E-state index in [0.717, 1.165) is 50.8 Å². The molecule has 1 fully saturated rings. The minimum atomic E-state index is -0.810. The van der Waals surface area contributed by atoms with Crippen molar-refractivity contribution in [1.82, 2.24) is 10.3 Å². The van der Waals surface area contributed by atoms with Crippen molar-refractivity contribution in [3.8, 4) is 17.2 Å². The number of methoxy groups -OCH3 is 1. The van der Waals surface area contributed by atoms with Crippen LogP contribution in [0.1, 0.15) is 41.8 Å². The molecule has 0 bridgehead atoms. The van der Waals surface area contributed by atoms with Gasteiger partial charge in [0, 0.05) is 22.0 Å². The molecule has 198 valence electrons. The number of hydrogen-bond acceptors (Lipinski definition) is 9. The summed E-state index contributed by atoms with van der Waals surface area (Å²) in [4.78, 5) is 35.7. The number of rotatable bonds is 6. The topological polar surface area (TPSA) is 107 Å². The lowest BCUT2D eigenvalue weighted by Crippen LogP contribution is -2.33. The van der Waals surface area contributed by atoms with Crippen LogP contribution in [-0.2, 0) is 9.59 Å². The quantitative estimate of drug-likeness (QED) is 0.295. The molecule has 0 radical (unpaired) electrons. The van der Waals surface area contributed by atoms with Crippen LogP contribution < -0.4 is 19.5 Å². The van der Waals surface area contributed by atoms with Crippen LogP contribution in [0.2, 0.25) is 0 Å². The van der Waals surface area contributed by atoms with Gasteiger partial charge in [0.1, 0.15) is 11.0 Å². The Morgan fingerprint density at radius 3 is 2.69 bits per heavy atom. The third kappa shape index (κ3) is 4.99. The fourth-order valence-corrected chi connectivity index (χ4v) is 6.03. The fraction of sp³-hybridized carbons (Fsp3) is 0.214. The van der Waals surface area contributed by atoms with Gasteiger partial charge in [-0.3, -0.25) is 19.7 Å². The molecule has 0 aliphatic carbocycles. The van der Waals surface area contributed by atoms with E-state index < -0.39 is 28.6 Å². The van der Waals surface area contributed by atoms with Crippen LogP contribution in [0.5, 0.6) is 17.2 Å². The van der Waals surface area contributed by atoms with Crippen LogP contribution in [0.3, 0.4) is 0 Å². The Labute approximate surface area is 236 Å². The van der Waals surface area contributed by atoms with E-state index in [1.807, 2.05) is 47.5 Å². The van der Waals surface area contributed by atoms with E-state index in [0.29, 0.717) is 5.75 Å². The van der Waals surface area contributed by atoms with Crippen molar-refractivity contribution in [3.63, 3.8) is 0 Å². The number of hydrazone groups is 1. The summed E-state index contributed by atoms with van der Waals surface area (Å²) in [7, 11) is 1.48. The minimum Gasteiger partial charge on any atom is -0.493 e. The molecular formula is C28H22BrN3O6S. The molecule has 1 N–H and O–H groups in total. The molecule has 9 nitrogen and oxygen atoms in total. The first-order valence-electron chi connectivity index (χ1n) is 12.2. The summed E-state index contributed by atoms with van der Waals surface area (Å²) < 4.78 is 18.5.